The molecule has 0 spiro atoms. The van der Waals surface area contributed by atoms with E-state index in [1.165, 1.54) is 23.8 Å². The van der Waals surface area contributed by atoms with Crippen LogP contribution < -0.4 is 4.74 Å². The second kappa shape index (κ2) is 6.90. The Morgan fingerprint density at radius 3 is 2.52 bits per heavy atom. The van der Waals surface area contributed by atoms with Crippen LogP contribution in [0.15, 0.2) is 42.5 Å². The zero-order chi connectivity index (χ0) is 15.2. The smallest absolute Gasteiger partial charge is 0.123 e. The summed E-state index contributed by atoms with van der Waals surface area (Å²) in [5.74, 6) is 0.877. The average Bonchev–Trinajstić information content (AvgIpc) is 2.52. The van der Waals surface area contributed by atoms with E-state index in [1.54, 1.807) is 0 Å². The van der Waals surface area contributed by atoms with Crippen molar-refractivity contribution in [2.75, 3.05) is 0 Å². The molecule has 0 saturated carbocycles. The number of halogens is 1. The molecule has 0 saturated heterocycles. The lowest BCUT2D eigenvalue weighted by Crippen LogP contribution is -1.99. The van der Waals surface area contributed by atoms with Crippen LogP contribution >= 0.6 is 0 Å². The molecule has 2 aromatic carbocycles. The molecule has 1 atom stereocenters. The average molecular weight is 283 g/mol. The van der Waals surface area contributed by atoms with Crippen molar-refractivity contribution >= 4 is 0 Å². The van der Waals surface area contributed by atoms with Gasteiger partial charge < -0.3 is 4.74 Å². The van der Waals surface area contributed by atoms with Crippen LogP contribution in [0.3, 0.4) is 0 Å². The number of nitrogens with zero attached hydrogens (tertiary/aromatic N) is 1. The summed E-state index contributed by atoms with van der Waals surface area (Å²) in [6, 6.07) is 14.0. The molecule has 1 unspecified atom stereocenters. The van der Waals surface area contributed by atoms with Crippen molar-refractivity contribution in [1.29, 1.82) is 5.26 Å². The van der Waals surface area contributed by atoms with E-state index in [0.717, 1.165) is 12.2 Å². The largest absolute Gasteiger partial charge is 0.489 e. The predicted octanol–water partition coefficient (Wildman–Crippen LogP) is 4.79. The molecule has 0 aromatic heterocycles. The summed E-state index contributed by atoms with van der Waals surface area (Å²) < 4.78 is 18.9. The molecule has 108 valence electrons. The number of hydrogen-bond acceptors (Lipinski definition) is 2. The van der Waals surface area contributed by atoms with Crippen LogP contribution in [-0.4, -0.2) is 0 Å². The first-order valence-corrected chi connectivity index (χ1v) is 7.05. The normalized spacial score (nSPS) is 11.7. The van der Waals surface area contributed by atoms with E-state index in [0.29, 0.717) is 17.0 Å². The fourth-order valence-corrected chi connectivity index (χ4v) is 2.08. The van der Waals surface area contributed by atoms with Gasteiger partial charge in [-0.25, -0.2) is 4.39 Å². The minimum absolute atomic E-state index is 0.184. The maximum atomic E-state index is 13.2. The van der Waals surface area contributed by atoms with E-state index in [2.05, 4.69) is 13.8 Å². The Kier molecular flexibility index (Phi) is 4.94. The molecule has 21 heavy (non-hydrogen) atoms. The van der Waals surface area contributed by atoms with Crippen molar-refractivity contribution in [1.82, 2.24) is 0 Å². The van der Waals surface area contributed by atoms with Crippen molar-refractivity contribution < 1.29 is 9.13 Å². The van der Waals surface area contributed by atoms with E-state index in [-0.39, 0.29) is 12.4 Å². The standard InChI is InChI=1S/C18H18FNO/c1-3-13(2)14-5-8-18(9-6-14)21-12-16-10-17(19)7-4-15(16)11-20/h4-10,13H,3,12H2,1-2H3. The summed E-state index contributed by atoms with van der Waals surface area (Å²) in [6.07, 6.45) is 1.09. The molecule has 2 nitrogen and oxygen atoms in total. The molecule has 2 rings (SSSR count). The molecular weight excluding hydrogens is 265 g/mol. The molecular formula is C18H18FNO. The van der Waals surface area contributed by atoms with Crippen LogP contribution in [0.25, 0.3) is 0 Å². The number of nitriles is 1. The first-order valence-electron chi connectivity index (χ1n) is 7.05. The SMILES string of the molecule is CCC(C)c1ccc(OCc2cc(F)ccc2C#N)cc1. The van der Waals surface area contributed by atoms with Crippen LogP contribution in [0.4, 0.5) is 4.39 Å². The monoisotopic (exact) mass is 283 g/mol. The second-order valence-electron chi connectivity index (χ2n) is 5.08. The van der Waals surface area contributed by atoms with Crippen molar-refractivity contribution in [2.24, 2.45) is 0 Å². The van der Waals surface area contributed by atoms with Crippen LogP contribution in [0.5, 0.6) is 5.75 Å². The molecule has 0 aliphatic heterocycles. The quantitative estimate of drug-likeness (QED) is 0.790. The van der Waals surface area contributed by atoms with Crippen LogP contribution in [0.1, 0.15) is 42.9 Å². The predicted molar refractivity (Wildman–Crippen MR) is 80.6 cm³/mol. The Labute approximate surface area is 124 Å². The van der Waals surface area contributed by atoms with E-state index in [9.17, 15) is 4.39 Å². The van der Waals surface area contributed by atoms with Gasteiger partial charge in [-0.1, -0.05) is 26.0 Å². The zero-order valence-corrected chi connectivity index (χ0v) is 12.3. The summed E-state index contributed by atoms with van der Waals surface area (Å²) in [6.45, 7) is 4.52. The molecule has 0 fully saturated rings. The van der Waals surface area contributed by atoms with E-state index < -0.39 is 0 Å². The van der Waals surface area contributed by atoms with E-state index in [4.69, 9.17) is 10.00 Å². The maximum absolute atomic E-state index is 13.2. The molecule has 2 aromatic rings. The van der Waals surface area contributed by atoms with E-state index >= 15 is 0 Å². The third-order valence-corrected chi connectivity index (χ3v) is 3.64. The Bertz CT molecular complexity index is 643. The minimum Gasteiger partial charge on any atom is -0.489 e. The lowest BCUT2D eigenvalue weighted by Gasteiger charge is -2.11. The third-order valence-electron chi connectivity index (χ3n) is 3.64. The Morgan fingerprint density at radius 2 is 1.90 bits per heavy atom. The van der Waals surface area contributed by atoms with Crippen LogP contribution in [0, 0.1) is 17.1 Å². The molecule has 0 aliphatic rings. The minimum atomic E-state index is -0.361. The lowest BCUT2D eigenvalue weighted by molar-refractivity contribution is 0.305. The number of hydrogen-bond donors (Lipinski definition) is 0. The maximum Gasteiger partial charge on any atom is 0.123 e. The second-order valence-corrected chi connectivity index (χ2v) is 5.08. The summed E-state index contributed by atoms with van der Waals surface area (Å²) in [4.78, 5) is 0. The number of ether oxygens (including phenoxy) is 1. The molecule has 0 N–H and O–H groups in total. The first-order chi connectivity index (χ1) is 10.1. The highest BCUT2D eigenvalue weighted by Gasteiger charge is 2.06. The Morgan fingerprint density at radius 1 is 1.19 bits per heavy atom. The highest BCUT2D eigenvalue weighted by atomic mass is 19.1. The van der Waals surface area contributed by atoms with Gasteiger partial charge in [0.2, 0.25) is 0 Å². The van der Waals surface area contributed by atoms with Crippen LogP contribution in [0.2, 0.25) is 0 Å². The highest BCUT2D eigenvalue weighted by Crippen LogP contribution is 2.22. The van der Waals surface area contributed by atoms with Gasteiger partial charge in [-0.3, -0.25) is 0 Å². The van der Waals surface area contributed by atoms with Gasteiger partial charge in [0, 0.05) is 5.56 Å². The zero-order valence-electron chi connectivity index (χ0n) is 12.3. The fraction of sp³-hybridized carbons (Fsp3) is 0.278. The Hall–Kier alpha value is -2.34. The Balaban J connectivity index is 2.07. The summed E-state index contributed by atoms with van der Waals surface area (Å²) >= 11 is 0. The third kappa shape index (κ3) is 3.82. The van der Waals surface area contributed by atoms with Crippen LogP contribution in [-0.2, 0) is 6.61 Å². The molecule has 0 aliphatic carbocycles. The molecule has 0 heterocycles. The van der Waals surface area contributed by atoms with Gasteiger partial charge in [0.25, 0.3) is 0 Å². The van der Waals surface area contributed by atoms with Gasteiger partial charge in [-0.05, 0) is 48.2 Å². The number of rotatable bonds is 5. The molecule has 0 radical (unpaired) electrons. The lowest BCUT2D eigenvalue weighted by atomic mass is 9.99. The fourth-order valence-electron chi connectivity index (χ4n) is 2.08. The summed E-state index contributed by atoms with van der Waals surface area (Å²) in [5.41, 5.74) is 2.27. The molecule has 0 bridgehead atoms. The topological polar surface area (TPSA) is 33.0 Å². The highest BCUT2D eigenvalue weighted by molar-refractivity contribution is 5.38. The number of benzene rings is 2. The van der Waals surface area contributed by atoms with Gasteiger partial charge >= 0.3 is 0 Å². The van der Waals surface area contributed by atoms with Gasteiger partial charge in [0.1, 0.15) is 18.2 Å². The summed E-state index contributed by atoms with van der Waals surface area (Å²) in [5, 5.41) is 9.00. The molecule has 0 amide bonds. The van der Waals surface area contributed by atoms with Crippen molar-refractivity contribution in [2.45, 2.75) is 32.8 Å². The van der Waals surface area contributed by atoms with Gasteiger partial charge in [-0.15, -0.1) is 0 Å². The van der Waals surface area contributed by atoms with Crippen molar-refractivity contribution in [3.8, 4) is 11.8 Å². The van der Waals surface area contributed by atoms with Crippen molar-refractivity contribution in [3.05, 3.63) is 65.0 Å². The van der Waals surface area contributed by atoms with Gasteiger partial charge in [-0.2, -0.15) is 5.26 Å². The van der Waals surface area contributed by atoms with Crippen molar-refractivity contribution in [3.63, 3.8) is 0 Å². The van der Waals surface area contributed by atoms with E-state index in [1.807, 2.05) is 30.3 Å². The van der Waals surface area contributed by atoms with Gasteiger partial charge in [0.15, 0.2) is 0 Å². The first kappa shape index (κ1) is 15.1. The van der Waals surface area contributed by atoms with Gasteiger partial charge in [0.05, 0.1) is 11.6 Å². The molecule has 3 heteroatoms. The summed E-state index contributed by atoms with van der Waals surface area (Å²) in [7, 11) is 0.